The van der Waals surface area contributed by atoms with Crippen LogP contribution < -0.4 is 5.73 Å². The van der Waals surface area contributed by atoms with Crippen LogP contribution in [0.2, 0.25) is 5.02 Å². The Hall–Kier alpha value is -0.640. The van der Waals surface area contributed by atoms with Gasteiger partial charge in [0.15, 0.2) is 0 Å². The number of halogens is 2. The highest BCUT2D eigenvalue weighted by Gasteiger charge is 2.26. The summed E-state index contributed by atoms with van der Waals surface area (Å²) < 4.78 is 12.9. The van der Waals surface area contributed by atoms with Gasteiger partial charge in [-0.25, -0.2) is 4.39 Å². The van der Waals surface area contributed by atoms with E-state index in [0.717, 1.165) is 12.0 Å². The number of hydrogen-bond donors (Lipinski definition) is 2. The number of benzene rings is 1. The number of aliphatic hydroxyl groups is 1. The van der Waals surface area contributed by atoms with Crippen LogP contribution in [0.15, 0.2) is 18.2 Å². The molecule has 0 saturated heterocycles. The van der Waals surface area contributed by atoms with Gasteiger partial charge >= 0.3 is 0 Å². The molecule has 0 bridgehead atoms. The molecule has 0 aliphatic carbocycles. The van der Waals surface area contributed by atoms with Gasteiger partial charge < -0.3 is 10.8 Å². The van der Waals surface area contributed by atoms with E-state index in [1.807, 2.05) is 6.92 Å². The van der Waals surface area contributed by atoms with E-state index in [1.165, 1.54) is 12.1 Å². The quantitative estimate of drug-likeness (QED) is 0.837. The van der Waals surface area contributed by atoms with Crippen molar-refractivity contribution in [2.75, 3.05) is 13.2 Å². The molecule has 1 atom stereocenters. The lowest BCUT2D eigenvalue weighted by Gasteiger charge is -2.29. The van der Waals surface area contributed by atoms with E-state index in [1.54, 1.807) is 6.07 Å². The van der Waals surface area contributed by atoms with Crippen molar-refractivity contribution in [3.05, 3.63) is 34.6 Å². The average Bonchev–Trinajstić information content (AvgIpc) is 2.29. The second-order valence-electron chi connectivity index (χ2n) is 4.13. The summed E-state index contributed by atoms with van der Waals surface area (Å²) in [5.74, 6) is -0.354. The van der Waals surface area contributed by atoms with E-state index in [-0.39, 0.29) is 17.8 Å². The van der Waals surface area contributed by atoms with Gasteiger partial charge in [0.2, 0.25) is 0 Å². The maximum absolute atomic E-state index is 12.9. The van der Waals surface area contributed by atoms with Crippen LogP contribution in [0.1, 0.15) is 18.9 Å². The lowest BCUT2D eigenvalue weighted by atomic mass is 9.80. The number of aliphatic hydroxyl groups excluding tert-OH is 1. The van der Waals surface area contributed by atoms with Gasteiger partial charge in [-0.2, -0.15) is 0 Å². The second-order valence-corrected chi connectivity index (χ2v) is 4.54. The molecule has 0 aromatic heterocycles. The minimum absolute atomic E-state index is 0.00764. The van der Waals surface area contributed by atoms with Crippen molar-refractivity contribution in [3.63, 3.8) is 0 Å². The highest BCUT2D eigenvalue weighted by atomic mass is 35.5. The van der Waals surface area contributed by atoms with Crippen LogP contribution in [-0.2, 0) is 6.42 Å². The van der Waals surface area contributed by atoms with Crippen molar-refractivity contribution < 1.29 is 9.50 Å². The molecule has 1 aromatic rings. The summed E-state index contributed by atoms with van der Waals surface area (Å²) in [6, 6.07) is 4.30. The van der Waals surface area contributed by atoms with E-state index in [9.17, 15) is 9.50 Å². The summed E-state index contributed by atoms with van der Waals surface area (Å²) in [6.07, 6.45) is 1.32. The molecule has 0 heterocycles. The summed E-state index contributed by atoms with van der Waals surface area (Å²) in [4.78, 5) is 0. The Morgan fingerprint density at radius 1 is 1.50 bits per heavy atom. The molecule has 0 radical (unpaired) electrons. The molecule has 16 heavy (non-hydrogen) atoms. The van der Waals surface area contributed by atoms with Crippen LogP contribution in [0.25, 0.3) is 0 Å². The third-order valence-corrected chi connectivity index (χ3v) is 3.45. The van der Waals surface area contributed by atoms with Gasteiger partial charge in [0.05, 0.1) is 6.61 Å². The minimum Gasteiger partial charge on any atom is -0.396 e. The molecule has 0 aliphatic rings. The Kier molecular flexibility index (Phi) is 4.71. The Morgan fingerprint density at radius 3 is 2.62 bits per heavy atom. The molecule has 0 fully saturated rings. The van der Waals surface area contributed by atoms with Gasteiger partial charge in [-0.1, -0.05) is 24.6 Å². The Balaban J connectivity index is 2.93. The van der Waals surface area contributed by atoms with Crippen LogP contribution in [0.4, 0.5) is 4.39 Å². The number of nitrogens with two attached hydrogens (primary N) is 1. The first kappa shape index (κ1) is 13.4. The minimum atomic E-state index is -0.360. The van der Waals surface area contributed by atoms with Gasteiger partial charge in [0.25, 0.3) is 0 Å². The third kappa shape index (κ3) is 2.94. The standard InChI is InChI=1S/C12H17ClFNO/c1-2-12(7-15,8-16)6-9-3-4-10(14)5-11(9)13/h3-5,16H,2,6-8,15H2,1H3. The summed E-state index contributed by atoms with van der Waals surface area (Å²) in [5, 5.41) is 9.77. The van der Waals surface area contributed by atoms with E-state index in [4.69, 9.17) is 17.3 Å². The van der Waals surface area contributed by atoms with Crippen molar-refractivity contribution in [1.29, 1.82) is 0 Å². The molecule has 4 heteroatoms. The molecule has 90 valence electrons. The first-order chi connectivity index (χ1) is 7.56. The molecular formula is C12H17ClFNO. The fraction of sp³-hybridized carbons (Fsp3) is 0.500. The van der Waals surface area contributed by atoms with Crippen LogP contribution in [0, 0.1) is 11.2 Å². The molecule has 1 rings (SSSR count). The fourth-order valence-corrected chi connectivity index (χ4v) is 1.88. The van der Waals surface area contributed by atoms with E-state index < -0.39 is 0 Å². The fourth-order valence-electron chi connectivity index (χ4n) is 1.64. The lowest BCUT2D eigenvalue weighted by Crippen LogP contribution is -2.35. The Bertz CT molecular complexity index is 345. The average molecular weight is 246 g/mol. The Labute approximate surface area is 100 Å². The SMILES string of the molecule is CCC(CN)(CO)Cc1ccc(F)cc1Cl. The molecular weight excluding hydrogens is 229 g/mol. The van der Waals surface area contributed by atoms with Crippen LogP contribution in [0.3, 0.4) is 0 Å². The predicted molar refractivity (Wildman–Crippen MR) is 64.0 cm³/mol. The van der Waals surface area contributed by atoms with Gasteiger partial charge in [-0.3, -0.25) is 0 Å². The van der Waals surface area contributed by atoms with Crippen LogP contribution in [0.5, 0.6) is 0 Å². The smallest absolute Gasteiger partial charge is 0.124 e. The molecule has 0 aliphatic heterocycles. The maximum atomic E-state index is 12.9. The number of rotatable bonds is 5. The Morgan fingerprint density at radius 2 is 2.19 bits per heavy atom. The summed E-state index contributed by atoms with van der Waals surface area (Å²) in [6.45, 7) is 2.36. The van der Waals surface area contributed by atoms with Gasteiger partial charge in [-0.05, 0) is 30.5 Å². The van der Waals surface area contributed by atoms with E-state index in [0.29, 0.717) is 18.0 Å². The van der Waals surface area contributed by atoms with Crippen LogP contribution >= 0.6 is 11.6 Å². The van der Waals surface area contributed by atoms with Crippen molar-refractivity contribution >= 4 is 11.6 Å². The summed E-state index contributed by atoms with van der Waals surface area (Å²) in [5.41, 5.74) is 6.14. The van der Waals surface area contributed by atoms with Gasteiger partial charge in [0, 0.05) is 17.0 Å². The summed E-state index contributed by atoms with van der Waals surface area (Å²) in [7, 11) is 0. The molecule has 1 aromatic carbocycles. The predicted octanol–water partition coefficient (Wildman–Crippen LogP) is 2.37. The summed E-state index contributed by atoms with van der Waals surface area (Å²) >= 11 is 5.94. The van der Waals surface area contributed by atoms with Crippen LogP contribution in [-0.4, -0.2) is 18.3 Å². The molecule has 0 saturated carbocycles. The second kappa shape index (κ2) is 5.62. The zero-order chi connectivity index (χ0) is 12.2. The van der Waals surface area contributed by atoms with Crippen molar-refractivity contribution in [1.82, 2.24) is 0 Å². The normalized spacial score (nSPS) is 14.8. The van der Waals surface area contributed by atoms with Crippen molar-refractivity contribution in [2.45, 2.75) is 19.8 Å². The lowest BCUT2D eigenvalue weighted by molar-refractivity contribution is 0.127. The highest BCUT2D eigenvalue weighted by molar-refractivity contribution is 6.31. The topological polar surface area (TPSA) is 46.2 Å². The van der Waals surface area contributed by atoms with Gasteiger partial charge in [-0.15, -0.1) is 0 Å². The first-order valence-corrected chi connectivity index (χ1v) is 5.69. The zero-order valence-corrected chi connectivity index (χ0v) is 10.1. The first-order valence-electron chi connectivity index (χ1n) is 5.32. The van der Waals surface area contributed by atoms with Crippen molar-refractivity contribution in [3.8, 4) is 0 Å². The van der Waals surface area contributed by atoms with Crippen molar-refractivity contribution in [2.24, 2.45) is 11.1 Å². The van der Waals surface area contributed by atoms with E-state index >= 15 is 0 Å². The van der Waals surface area contributed by atoms with Gasteiger partial charge in [0.1, 0.15) is 5.82 Å². The largest absolute Gasteiger partial charge is 0.396 e. The number of hydrogen-bond acceptors (Lipinski definition) is 2. The molecule has 3 N–H and O–H groups in total. The van der Waals surface area contributed by atoms with E-state index in [2.05, 4.69) is 0 Å². The monoisotopic (exact) mass is 245 g/mol. The molecule has 1 unspecified atom stereocenters. The third-order valence-electron chi connectivity index (χ3n) is 3.10. The zero-order valence-electron chi connectivity index (χ0n) is 9.34. The maximum Gasteiger partial charge on any atom is 0.124 e. The molecule has 2 nitrogen and oxygen atoms in total. The molecule has 0 spiro atoms. The molecule has 0 amide bonds. The highest BCUT2D eigenvalue weighted by Crippen LogP contribution is 2.29.